The van der Waals surface area contributed by atoms with Crippen LogP contribution < -0.4 is 10.6 Å². The highest BCUT2D eigenvalue weighted by atomic mass is 19.4. The summed E-state index contributed by atoms with van der Waals surface area (Å²) in [5, 5.41) is 5.70. The van der Waals surface area contributed by atoms with E-state index in [0.717, 1.165) is 43.0 Å². The van der Waals surface area contributed by atoms with Gasteiger partial charge in [0.1, 0.15) is 0 Å². The number of benzene rings is 2. The van der Waals surface area contributed by atoms with Crippen molar-refractivity contribution in [3.63, 3.8) is 0 Å². The quantitative estimate of drug-likeness (QED) is 0.705. The van der Waals surface area contributed by atoms with Crippen LogP contribution in [-0.2, 0) is 17.5 Å². The summed E-state index contributed by atoms with van der Waals surface area (Å²) in [6.07, 6.45) is -4.39. The van der Waals surface area contributed by atoms with E-state index >= 15 is 0 Å². The topological polar surface area (TPSA) is 44.4 Å². The Hall–Kier alpha value is -2.54. The van der Waals surface area contributed by atoms with E-state index in [0.29, 0.717) is 5.69 Å². The van der Waals surface area contributed by atoms with E-state index < -0.39 is 11.7 Å². The molecule has 0 aliphatic carbocycles. The summed E-state index contributed by atoms with van der Waals surface area (Å²) in [4.78, 5) is 14.4. The van der Waals surface area contributed by atoms with E-state index in [4.69, 9.17) is 0 Å². The van der Waals surface area contributed by atoms with E-state index in [1.807, 2.05) is 24.3 Å². The number of amides is 1. The molecule has 2 aromatic carbocycles. The van der Waals surface area contributed by atoms with Crippen molar-refractivity contribution in [2.24, 2.45) is 0 Å². The van der Waals surface area contributed by atoms with Crippen molar-refractivity contribution in [1.82, 2.24) is 4.90 Å². The SMILES string of the molecule is CCN(CC)Cc1ccccc1NCC(=O)Nc1ccc(C(F)(F)F)cc1. The molecule has 0 saturated heterocycles. The molecule has 2 N–H and O–H groups in total. The van der Waals surface area contributed by atoms with E-state index in [1.165, 1.54) is 12.1 Å². The molecule has 7 heteroatoms. The average molecular weight is 379 g/mol. The van der Waals surface area contributed by atoms with Crippen molar-refractivity contribution >= 4 is 17.3 Å². The van der Waals surface area contributed by atoms with Gasteiger partial charge in [0.05, 0.1) is 12.1 Å². The van der Waals surface area contributed by atoms with Gasteiger partial charge in [-0.3, -0.25) is 9.69 Å². The number of alkyl halides is 3. The number of hydrogen-bond acceptors (Lipinski definition) is 3. The Morgan fingerprint density at radius 2 is 1.63 bits per heavy atom. The van der Waals surface area contributed by atoms with Gasteiger partial charge in [-0.25, -0.2) is 0 Å². The lowest BCUT2D eigenvalue weighted by atomic mass is 10.1. The molecule has 0 bridgehead atoms. The van der Waals surface area contributed by atoms with Gasteiger partial charge in [-0.2, -0.15) is 13.2 Å². The molecule has 0 fully saturated rings. The van der Waals surface area contributed by atoms with Gasteiger partial charge in [-0.05, 0) is 49.0 Å². The Kier molecular flexibility index (Phi) is 7.24. The molecule has 0 spiro atoms. The van der Waals surface area contributed by atoms with Crippen molar-refractivity contribution in [2.75, 3.05) is 30.3 Å². The van der Waals surface area contributed by atoms with Crippen LogP contribution in [0.5, 0.6) is 0 Å². The van der Waals surface area contributed by atoms with Crippen LogP contribution in [0.3, 0.4) is 0 Å². The number of nitrogens with one attached hydrogen (secondary N) is 2. The maximum Gasteiger partial charge on any atom is 0.416 e. The number of carbonyl (C=O) groups is 1. The van der Waals surface area contributed by atoms with E-state index in [-0.39, 0.29) is 12.5 Å². The number of carbonyl (C=O) groups excluding carboxylic acids is 1. The zero-order chi connectivity index (χ0) is 19.9. The fourth-order valence-corrected chi connectivity index (χ4v) is 2.64. The molecule has 27 heavy (non-hydrogen) atoms. The van der Waals surface area contributed by atoms with Crippen molar-refractivity contribution in [3.8, 4) is 0 Å². The molecule has 0 radical (unpaired) electrons. The summed E-state index contributed by atoms with van der Waals surface area (Å²) in [5.41, 5.74) is 1.53. The molecule has 0 aliphatic heterocycles. The number of anilines is 2. The van der Waals surface area contributed by atoms with Crippen LogP contribution in [0.4, 0.5) is 24.5 Å². The molecule has 0 heterocycles. The van der Waals surface area contributed by atoms with Crippen LogP contribution in [0.2, 0.25) is 0 Å². The average Bonchev–Trinajstić information content (AvgIpc) is 2.65. The second-order valence-electron chi connectivity index (χ2n) is 6.10. The predicted octanol–water partition coefficient (Wildman–Crippen LogP) is 4.60. The highest BCUT2D eigenvalue weighted by Gasteiger charge is 2.29. The molecule has 0 atom stereocenters. The van der Waals surface area contributed by atoms with Crippen LogP contribution in [0.25, 0.3) is 0 Å². The minimum absolute atomic E-state index is 0.0241. The highest BCUT2D eigenvalue weighted by molar-refractivity contribution is 5.93. The Labute approximate surface area is 157 Å². The third-order valence-corrected chi connectivity index (χ3v) is 4.24. The minimum Gasteiger partial charge on any atom is -0.376 e. The zero-order valence-corrected chi connectivity index (χ0v) is 15.4. The van der Waals surface area contributed by atoms with Gasteiger partial charge in [0.25, 0.3) is 0 Å². The maximum atomic E-state index is 12.6. The van der Waals surface area contributed by atoms with E-state index in [2.05, 4.69) is 29.4 Å². The molecule has 0 saturated carbocycles. The van der Waals surface area contributed by atoms with Crippen molar-refractivity contribution in [3.05, 3.63) is 59.7 Å². The summed E-state index contributed by atoms with van der Waals surface area (Å²) < 4.78 is 37.7. The smallest absolute Gasteiger partial charge is 0.376 e. The summed E-state index contributed by atoms with van der Waals surface area (Å²) in [5.74, 6) is -0.326. The minimum atomic E-state index is -4.39. The number of hydrogen-bond donors (Lipinski definition) is 2. The predicted molar refractivity (Wildman–Crippen MR) is 102 cm³/mol. The third-order valence-electron chi connectivity index (χ3n) is 4.24. The molecule has 146 valence electrons. The van der Waals surface area contributed by atoms with Crippen molar-refractivity contribution < 1.29 is 18.0 Å². The number of nitrogens with zero attached hydrogens (tertiary/aromatic N) is 1. The van der Waals surface area contributed by atoms with Crippen LogP contribution in [-0.4, -0.2) is 30.4 Å². The number of rotatable bonds is 8. The van der Waals surface area contributed by atoms with Crippen molar-refractivity contribution in [1.29, 1.82) is 0 Å². The van der Waals surface area contributed by atoms with Gasteiger partial charge in [-0.1, -0.05) is 32.0 Å². The lowest BCUT2D eigenvalue weighted by molar-refractivity contribution is -0.137. The first-order valence-corrected chi connectivity index (χ1v) is 8.84. The van der Waals surface area contributed by atoms with Gasteiger partial charge >= 0.3 is 6.18 Å². The Morgan fingerprint density at radius 1 is 1.00 bits per heavy atom. The summed E-state index contributed by atoms with van der Waals surface area (Å²) >= 11 is 0. The van der Waals surface area contributed by atoms with Gasteiger partial charge in [0.2, 0.25) is 5.91 Å². The Bertz CT molecular complexity index is 741. The highest BCUT2D eigenvalue weighted by Crippen LogP contribution is 2.29. The third kappa shape index (κ3) is 6.29. The molecule has 1 amide bonds. The first-order valence-electron chi connectivity index (χ1n) is 8.84. The van der Waals surface area contributed by atoms with Gasteiger partial charge in [-0.15, -0.1) is 0 Å². The van der Waals surface area contributed by atoms with E-state index in [1.54, 1.807) is 0 Å². The molecule has 2 aromatic rings. The molecular formula is C20H24F3N3O. The molecule has 0 unspecified atom stereocenters. The largest absolute Gasteiger partial charge is 0.416 e. The lowest BCUT2D eigenvalue weighted by Gasteiger charge is -2.20. The molecular weight excluding hydrogens is 355 g/mol. The standard InChI is InChI=1S/C20H24F3N3O/c1-3-26(4-2)14-15-7-5-6-8-18(15)24-13-19(27)25-17-11-9-16(10-12-17)20(21,22)23/h5-12,24H,3-4,13-14H2,1-2H3,(H,25,27). The van der Waals surface area contributed by atoms with Crippen molar-refractivity contribution in [2.45, 2.75) is 26.6 Å². The summed E-state index contributed by atoms with van der Waals surface area (Å²) in [6.45, 7) is 6.85. The van der Waals surface area contributed by atoms with Crippen LogP contribution in [0.1, 0.15) is 25.0 Å². The maximum absolute atomic E-state index is 12.6. The molecule has 4 nitrogen and oxygen atoms in total. The number of para-hydroxylation sites is 1. The van der Waals surface area contributed by atoms with Gasteiger partial charge in [0, 0.05) is 17.9 Å². The molecule has 0 aliphatic rings. The fraction of sp³-hybridized carbons (Fsp3) is 0.350. The fourth-order valence-electron chi connectivity index (χ4n) is 2.64. The van der Waals surface area contributed by atoms with Gasteiger partial charge < -0.3 is 10.6 Å². The summed E-state index contributed by atoms with van der Waals surface area (Å²) in [6, 6.07) is 12.1. The second kappa shape index (κ2) is 9.41. The van der Waals surface area contributed by atoms with Crippen LogP contribution in [0.15, 0.2) is 48.5 Å². The van der Waals surface area contributed by atoms with E-state index in [9.17, 15) is 18.0 Å². The molecule has 0 aromatic heterocycles. The summed E-state index contributed by atoms with van der Waals surface area (Å²) in [7, 11) is 0. The number of halogens is 3. The first kappa shape index (κ1) is 20.8. The Morgan fingerprint density at radius 3 is 2.22 bits per heavy atom. The lowest BCUT2D eigenvalue weighted by Crippen LogP contribution is -2.25. The monoisotopic (exact) mass is 379 g/mol. The van der Waals surface area contributed by atoms with Crippen LogP contribution >= 0.6 is 0 Å². The molecule has 2 rings (SSSR count). The van der Waals surface area contributed by atoms with Crippen LogP contribution in [0, 0.1) is 0 Å². The first-order chi connectivity index (χ1) is 12.8. The second-order valence-corrected chi connectivity index (χ2v) is 6.10. The van der Waals surface area contributed by atoms with Gasteiger partial charge in [0.15, 0.2) is 0 Å². The Balaban J connectivity index is 1.94. The zero-order valence-electron chi connectivity index (χ0n) is 15.4. The normalized spacial score (nSPS) is 11.5.